The van der Waals surface area contributed by atoms with E-state index in [1.165, 1.54) is 29.6 Å². The Morgan fingerprint density at radius 3 is 2.29 bits per heavy atom. The molecule has 3 rings (SSSR count). The van der Waals surface area contributed by atoms with Crippen molar-refractivity contribution in [3.8, 4) is 5.75 Å². The number of nitrogens with one attached hydrogen (secondary N) is 2. The molecule has 166 valence electrons. The third-order valence-corrected chi connectivity index (χ3v) is 6.90. The number of benzene rings is 2. The largest absolute Gasteiger partial charge is 0.495 e. The Labute approximate surface area is 181 Å². The van der Waals surface area contributed by atoms with Gasteiger partial charge in [-0.3, -0.25) is 9.59 Å². The first-order valence-electron chi connectivity index (χ1n) is 9.68. The van der Waals surface area contributed by atoms with E-state index in [0.29, 0.717) is 30.0 Å². The van der Waals surface area contributed by atoms with E-state index in [9.17, 15) is 18.0 Å². The van der Waals surface area contributed by atoms with Crippen LogP contribution >= 0.6 is 0 Å². The molecule has 0 unspecified atom stereocenters. The van der Waals surface area contributed by atoms with Gasteiger partial charge in [0.15, 0.2) is 0 Å². The van der Waals surface area contributed by atoms with Gasteiger partial charge in [-0.15, -0.1) is 0 Å². The van der Waals surface area contributed by atoms with Crippen LogP contribution in [0.3, 0.4) is 0 Å². The molecule has 0 atom stereocenters. The maximum atomic E-state index is 13.1. The third-order valence-electron chi connectivity index (χ3n) is 4.98. The normalized spacial score (nSPS) is 14.7. The summed E-state index contributed by atoms with van der Waals surface area (Å²) < 4.78 is 38.0. The minimum Gasteiger partial charge on any atom is -0.495 e. The molecular weight excluding hydrogens is 422 g/mol. The maximum Gasteiger partial charge on any atom is 0.255 e. The smallest absolute Gasteiger partial charge is 0.255 e. The van der Waals surface area contributed by atoms with Crippen molar-refractivity contribution in [3.63, 3.8) is 0 Å². The Morgan fingerprint density at radius 1 is 1.03 bits per heavy atom. The van der Waals surface area contributed by atoms with E-state index in [2.05, 4.69) is 10.6 Å². The molecule has 1 fully saturated rings. The Bertz CT molecular complexity index is 1090. The molecule has 9 nitrogen and oxygen atoms in total. The molecule has 0 spiro atoms. The predicted molar refractivity (Wildman–Crippen MR) is 115 cm³/mol. The number of morpholine rings is 1. The van der Waals surface area contributed by atoms with Gasteiger partial charge < -0.3 is 20.1 Å². The molecule has 0 aliphatic carbocycles. The topological polar surface area (TPSA) is 114 Å². The van der Waals surface area contributed by atoms with Crippen molar-refractivity contribution in [1.29, 1.82) is 0 Å². The first-order chi connectivity index (χ1) is 14.8. The molecule has 2 aromatic rings. The summed E-state index contributed by atoms with van der Waals surface area (Å²) in [5.41, 5.74) is 1.86. The second-order valence-electron chi connectivity index (χ2n) is 6.95. The number of hydrogen-bond donors (Lipinski definition) is 2. The number of rotatable bonds is 6. The molecule has 0 radical (unpaired) electrons. The quantitative estimate of drug-likeness (QED) is 0.696. The van der Waals surface area contributed by atoms with Crippen LogP contribution in [0.25, 0.3) is 0 Å². The van der Waals surface area contributed by atoms with Crippen LogP contribution in [0.15, 0.2) is 41.3 Å². The van der Waals surface area contributed by atoms with Gasteiger partial charge in [-0.05, 0) is 48.9 Å². The van der Waals surface area contributed by atoms with Crippen LogP contribution in [0, 0.1) is 6.92 Å². The lowest BCUT2D eigenvalue weighted by Crippen LogP contribution is -2.40. The van der Waals surface area contributed by atoms with Crippen LogP contribution in [-0.2, 0) is 14.8 Å². The second kappa shape index (κ2) is 9.46. The average Bonchev–Trinajstić information content (AvgIpc) is 2.79. The van der Waals surface area contributed by atoms with Crippen molar-refractivity contribution in [3.05, 3.63) is 53.1 Å². The van der Waals surface area contributed by atoms with Crippen LogP contribution in [0.2, 0.25) is 0 Å². The Kier molecular flexibility index (Phi) is 6.94. The molecule has 0 bridgehead atoms. The van der Waals surface area contributed by atoms with Gasteiger partial charge in [-0.2, -0.15) is 4.31 Å². The van der Waals surface area contributed by atoms with Crippen molar-refractivity contribution in [2.45, 2.75) is 11.8 Å². The van der Waals surface area contributed by atoms with E-state index in [4.69, 9.17) is 9.47 Å². The summed E-state index contributed by atoms with van der Waals surface area (Å²) in [6, 6.07) is 9.17. The zero-order valence-corrected chi connectivity index (χ0v) is 18.4. The van der Waals surface area contributed by atoms with Gasteiger partial charge >= 0.3 is 0 Å². The van der Waals surface area contributed by atoms with Gasteiger partial charge in [-0.25, -0.2) is 8.42 Å². The molecule has 1 aliphatic heterocycles. The molecular formula is C21H25N3O6S. The third kappa shape index (κ3) is 4.87. The number of amides is 2. The summed E-state index contributed by atoms with van der Waals surface area (Å²) in [4.78, 5) is 24.5. The predicted octanol–water partition coefficient (Wildman–Crippen LogP) is 1.64. The van der Waals surface area contributed by atoms with Crippen molar-refractivity contribution in [2.75, 3.05) is 45.8 Å². The number of hydrogen-bond acceptors (Lipinski definition) is 6. The molecule has 2 N–H and O–H groups in total. The van der Waals surface area contributed by atoms with Crippen LogP contribution < -0.4 is 15.4 Å². The summed E-state index contributed by atoms with van der Waals surface area (Å²) in [5, 5.41) is 5.31. The zero-order valence-electron chi connectivity index (χ0n) is 17.6. The van der Waals surface area contributed by atoms with E-state index in [1.54, 1.807) is 32.2 Å². The van der Waals surface area contributed by atoms with E-state index in [-0.39, 0.29) is 35.2 Å². The standard InChI is InChI=1S/C21H25N3O6S/c1-14-12-15(20(25)22-2)4-6-17(14)23-21(26)16-5-7-18(29-3)19(13-16)31(27,28)24-8-10-30-11-9-24/h4-7,12-13H,8-11H2,1-3H3,(H,22,25)(H,23,26). The lowest BCUT2D eigenvalue weighted by Gasteiger charge is -2.26. The summed E-state index contributed by atoms with van der Waals surface area (Å²) in [7, 11) is -0.935. The van der Waals surface area contributed by atoms with Gasteiger partial charge in [0.2, 0.25) is 10.0 Å². The molecule has 10 heteroatoms. The lowest BCUT2D eigenvalue weighted by molar-refractivity contribution is 0.0729. The fourth-order valence-electron chi connectivity index (χ4n) is 3.23. The molecule has 1 aliphatic rings. The van der Waals surface area contributed by atoms with Crippen LogP contribution in [0.1, 0.15) is 26.3 Å². The summed E-state index contributed by atoms with van der Waals surface area (Å²) in [5.74, 6) is -0.542. The summed E-state index contributed by atoms with van der Waals surface area (Å²) in [6.45, 7) is 2.86. The van der Waals surface area contributed by atoms with E-state index in [1.807, 2.05) is 0 Å². The van der Waals surface area contributed by atoms with Crippen molar-refractivity contribution < 1.29 is 27.5 Å². The molecule has 0 aromatic heterocycles. The molecule has 31 heavy (non-hydrogen) atoms. The number of ether oxygens (including phenoxy) is 2. The maximum absolute atomic E-state index is 13.1. The van der Waals surface area contributed by atoms with Gasteiger partial charge in [0.25, 0.3) is 11.8 Å². The highest BCUT2D eigenvalue weighted by molar-refractivity contribution is 7.89. The number of aryl methyl sites for hydroxylation is 1. The Hall–Kier alpha value is -2.95. The van der Waals surface area contributed by atoms with Crippen molar-refractivity contribution >= 4 is 27.5 Å². The van der Waals surface area contributed by atoms with Crippen LogP contribution in [-0.4, -0.2) is 65.0 Å². The number of anilines is 1. The van der Waals surface area contributed by atoms with Gasteiger partial charge in [-0.1, -0.05) is 0 Å². The zero-order chi connectivity index (χ0) is 22.6. The number of nitrogens with zero attached hydrogens (tertiary/aromatic N) is 1. The van der Waals surface area contributed by atoms with Gasteiger partial charge in [0.05, 0.1) is 20.3 Å². The Morgan fingerprint density at radius 2 is 1.68 bits per heavy atom. The fourth-order valence-corrected chi connectivity index (χ4v) is 4.82. The highest BCUT2D eigenvalue weighted by Crippen LogP contribution is 2.29. The number of carbonyl (C=O) groups is 2. The molecule has 2 amide bonds. The highest BCUT2D eigenvalue weighted by Gasteiger charge is 2.30. The minimum atomic E-state index is -3.86. The van der Waals surface area contributed by atoms with Gasteiger partial charge in [0.1, 0.15) is 10.6 Å². The SMILES string of the molecule is CNC(=O)c1ccc(NC(=O)c2ccc(OC)c(S(=O)(=O)N3CCOCC3)c2)c(C)c1. The van der Waals surface area contributed by atoms with Crippen molar-refractivity contribution in [2.24, 2.45) is 0 Å². The highest BCUT2D eigenvalue weighted by atomic mass is 32.2. The summed E-state index contributed by atoms with van der Waals surface area (Å²) in [6.07, 6.45) is 0. The average molecular weight is 448 g/mol. The number of methoxy groups -OCH3 is 1. The summed E-state index contributed by atoms with van der Waals surface area (Å²) >= 11 is 0. The molecule has 2 aromatic carbocycles. The monoisotopic (exact) mass is 447 g/mol. The Balaban J connectivity index is 1.89. The second-order valence-corrected chi connectivity index (χ2v) is 8.85. The van der Waals surface area contributed by atoms with Crippen LogP contribution in [0.5, 0.6) is 5.75 Å². The first kappa shape index (κ1) is 22.7. The van der Waals surface area contributed by atoms with Crippen LogP contribution in [0.4, 0.5) is 5.69 Å². The number of carbonyl (C=O) groups excluding carboxylic acids is 2. The fraction of sp³-hybridized carbons (Fsp3) is 0.333. The van der Waals surface area contributed by atoms with Gasteiger partial charge in [0, 0.05) is 37.0 Å². The molecule has 1 heterocycles. The molecule has 0 saturated carbocycles. The number of sulfonamides is 1. The van der Waals surface area contributed by atoms with E-state index < -0.39 is 15.9 Å². The lowest BCUT2D eigenvalue weighted by atomic mass is 10.1. The minimum absolute atomic E-state index is 0.0729. The van der Waals surface area contributed by atoms with Crippen molar-refractivity contribution in [1.82, 2.24) is 9.62 Å². The van der Waals surface area contributed by atoms with E-state index >= 15 is 0 Å². The van der Waals surface area contributed by atoms with E-state index in [0.717, 1.165) is 0 Å². The molecule has 1 saturated heterocycles. The first-order valence-corrected chi connectivity index (χ1v) is 11.1.